The predicted molar refractivity (Wildman–Crippen MR) is 86.7 cm³/mol. The highest BCUT2D eigenvalue weighted by Crippen LogP contribution is 2.18. The summed E-state index contributed by atoms with van der Waals surface area (Å²) in [6.07, 6.45) is 1.39. The van der Waals surface area contributed by atoms with Crippen LogP contribution in [0.1, 0.15) is 11.1 Å². The van der Waals surface area contributed by atoms with Crippen LogP contribution in [-0.4, -0.2) is 17.0 Å². The van der Waals surface area contributed by atoms with Gasteiger partial charge in [0, 0.05) is 21.7 Å². The average Bonchev–Trinajstić information content (AvgIpc) is 2.49. The minimum absolute atomic E-state index is 0.0765. The second kappa shape index (κ2) is 7.46. The third-order valence-corrected chi connectivity index (χ3v) is 3.56. The van der Waals surface area contributed by atoms with Gasteiger partial charge in [0.2, 0.25) is 5.91 Å². The summed E-state index contributed by atoms with van der Waals surface area (Å²) in [5, 5.41) is 14.7. The van der Waals surface area contributed by atoms with Gasteiger partial charge >= 0.3 is 0 Å². The van der Waals surface area contributed by atoms with Crippen LogP contribution in [0.3, 0.4) is 0 Å². The summed E-state index contributed by atoms with van der Waals surface area (Å²) in [6.45, 7) is 0. The zero-order valence-electron chi connectivity index (χ0n) is 11.4. The number of rotatable bonds is 5. The van der Waals surface area contributed by atoms with Crippen LogP contribution in [0.25, 0.3) is 0 Å². The van der Waals surface area contributed by atoms with E-state index in [1.54, 1.807) is 18.2 Å². The number of amides is 1. The van der Waals surface area contributed by atoms with Crippen LogP contribution >= 0.6 is 15.9 Å². The van der Waals surface area contributed by atoms with Gasteiger partial charge in [-0.3, -0.25) is 14.9 Å². The summed E-state index contributed by atoms with van der Waals surface area (Å²) in [5.74, 6) is -0.419. The molecule has 0 fully saturated rings. The molecular weight excluding hydrogens is 350 g/mol. The topological polar surface area (TPSA) is 84.6 Å². The number of hydrogen-bond acceptors (Lipinski definition) is 4. The zero-order chi connectivity index (χ0) is 15.9. The van der Waals surface area contributed by atoms with Crippen LogP contribution in [0.2, 0.25) is 0 Å². The standard InChI is InChI=1S/C15H12BrN3O3/c16-13-7-3-1-6-12(13)10-17-18-15(20)9-11-5-2-4-8-14(11)19(21)22/h1-8,10H,9H2,(H,18,20). The number of halogens is 1. The van der Waals surface area contributed by atoms with Gasteiger partial charge in [-0.25, -0.2) is 5.43 Å². The Bertz CT molecular complexity index is 731. The van der Waals surface area contributed by atoms with Crippen molar-refractivity contribution in [2.75, 3.05) is 0 Å². The molecule has 0 radical (unpaired) electrons. The summed E-state index contributed by atoms with van der Waals surface area (Å²) < 4.78 is 0.853. The minimum atomic E-state index is -0.507. The first-order valence-electron chi connectivity index (χ1n) is 6.36. The Kier molecular flexibility index (Phi) is 5.37. The quantitative estimate of drug-likeness (QED) is 0.504. The molecule has 2 rings (SSSR count). The number of carbonyl (C=O) groups excluding carboxylic acids is 1. The van der Waals surface area contributed by atoms with E-state index in [1.807, 2.05) is 24.3 Å². The first kappa shape index (κ1) is 15.8. The van der Waals surface area contributed by atoms with Gasteiger partial charge in [0.1, 0.15) is 0 Å². The molecule has 0 aliphatic rings. The van der Waals surface area contributed by atoms with Crippen molar-refractivity contribution in [2.45, 2.75) is 6.42 Å². The second-order valence-corrected chi connectivity index (χ2v) is 5.23. The molecule has 0 atom stereocenters. The van der Waals surface area contributed by atoms with Crippen molar-refractivity contribution in [2.24, 2.45) is 5.10 Å². The lowest BCUT2D eigenvalue weighted by Gasteiger charge is -2.02. The SMILES string of the molecule is O=C(Cc1ccccc1[N+](=O)[O-])NN=Cc1ccccc1Br. The van der Waals surface area contributed by atoms with Gasteiger partial charge in [-0.05, 0) is 6.07 Å². The van der Waals surface area contributed by atoms with Crippen molar-refractivity contribution in [1.82, 2.24) is 5.43 Å². The number of nitrogens with zero attached hydrogens (tertiary/aromatic N) is 2. The van der Waals surface area contributed by atoms with Crippen LogP contribution in [0.15, 0.2) is 58.1 Å². The summed E-state index contributed by atoms with van der Waals surface area (Å²) in [7, 11) is 0. The molecule has 112 valence electrons. The molecular formula is C15H12BrN3O3. The van der Waals surface area contributed by atoms with E-state index in [1.165, 1.54) is 12.3 Å². The van der Waals surface area contributed by atoms with E-state index in [2.05, 4.69) is 26.5 Å². The Morgan fingerprint density at radius 1 is 1.23 bits per heavy atom. The molecule has 0 aliphatic carbocycles. The maximum Gasteiger partial charge on any atom is 0.273 e. The number of carbonyl (C=O) groups is 1. The maximum absolute atomic E-state index is 11.8. The zero-order valence-corrected chi connectivity index (χ0v) is 13.0. The molecule has 0 heterocycles. The highest BCUT2D eigenvalue weighted by atomic mass is 79.9. The number of hydrogen-bond donors (Lipinski definition) is 1. The Hall–Kier alpha value is -2.54. The van der Waals surface area contributed by atoms with E-state index < -0.39 is 10.8 Å². The molecule has 0 saturated heterocycles. The Balaban J connectivity index is 2.00. The summed E-state index contributed by atoms with van der Waals surface area (Å²) in [6, 6.07) is 13.5. The average molecular weight is 362 g/mol. The Morgan fingerprint density at radius 3 is 2.64 bits per heavy atom. The molecule has 0 aliphatic heterocycles. The van der Waals surface area contributed by atoms with E-state index in [0.717, 1.165) is 10.0 Å². The molecule has 6 nitrogen and oxygen atoms in total. The van der Waals surface area contributed by atoms with Crippen LogP contribution in [-0.2, 0) is 11.2 Å². The van der Waals surface area contributed by atoms with E-state index in [9.17, 15) is 14.9 Å². The molecule has 0 spiro atoms. The summed E-state index contributed by atoms with van der Waals surface area (Å²) in [4.78, 5) is 22.2. The van der Waals surface area contributed by atoms with Gasteiger partial charge in [0.05, 0.1) is 17.6 Å². The third kappa shape index (κ3) is 4.23. The van der Waals surface area contributed by atoms with Gasteiger partial charge in [-0.2, -0.15) is 5.10 Å². The number of nitrogens with one attached hydrogen (secondary N) is 1. The molecule has 7 heteroatoms. The van der Waals surface area contributed by atoms with E-state index in [0.29, 0.717) is 5.56 Å². The van der Waals surface area contributed by atoms with E-state index >= 15 is 0 Å². The van der Waals surface area contributed by atoms with Crippen LogP contribution < -0.4 is 5.43 Å². The van der Waals surface area contributed by atoms with Gasteiger partial charge in [0.25, 0.3) is 5.69 Å². The van der Waals surface area contributed by atoms with Crippen LogP contribution in [0.5, 0.6) is 0 Å². The van der Waals surface area contributed by atoms with Crippen molar-refractivity contribution in [3.05, 3.63) is 74.2 Å². The summed E-state index contributed by atoms with van der Waals surface area (Å²) in [5.41, 5.74) is 3.45. The van der Waals surface area contributed by atoms with Crippen LogP contribution in [0, 0.1) is 10.1 Å². The fourth-order valence-electron chi connectivity index (χ4n) is 1.80. The van der Waals surface area contributed by atoms with E-state index in [4.69, 9.17) is 0 Å². The molecule has 0 unspecified atom stereocenters. The number of benzene rings is 2. The first-order chi connectivity index (χ1) is 10.6. The largest absolute Gasteiger partial charge is 0.273 e. The predicted octanol–water partition coefficient (Wildman–Crippen LogP) is 3.05. The van der Waals surface area contributed by atoms with Gasteiger partial charge < -0.3 is 0 Å². The van der Waals surface area contributed by atoms with Crippen molar-refractivity contribution in [3.8, 4) is 0 Å². The van der Waals surface area contributed by atoms with Crippen molar-refractivity contribution >= 4 is 33.7 Å². The van der Waals surface area contributed by atoms with Gasteiger partial charge in [-0.1, -0.05) is 52.3 Å². The second-order valence-electron chi connectivity index (χ2n) is 4.38. The minimum Gasteiger partial charge on any atom is -0.273 e. The fraction of sp³-hybridized carbons (Fsp3) is 0.0667. The smallest absolute Gasteiger partial charge is 0.273 e. The van der Waals surface area contributed by atoms with Crippen molar-refractivity contribution in [1.29, 1.82) is 0 Å². The number of hydrazone groups is 1. The van der Waals surface area contributed by atoms with Gasteiger partial charge in [-0.15, -0.1) is 0 Å². The Morgan fingerprint density at radius 2 is 1.91 bits per heavy atom. The van der Waals surface area contributed by atoms with E-state index in [-0.39, 0.29) is 12.1 Å². The highest BCUT2D eigenvalue weighted by Gasteiger charge is 2.14. The lowest BCUT2D eigenvalue weighted by Crippen LogP contribution is -2.20. The highest BCUT2D eigenvalue weighted by molar-refractivity contribution is 9.10. The normalized spacial score (nSPS) is 10.6. The molecule has 0 aromatic heterocycles. The number of nitro groups is 1. The van der Waals surface area contributed by atoms with Crippen molar-refractivity contribution in [3.63, 3.8) is 0 Å². The molecule has 0 bridgehead atoms. The number of para-hydroxylation sites is 1. The molecule has 2 aromatic rings. The molecule has 22 heavy (non-hydrogen) atoms. The fourth-order valence-corrected chi connectivity index (χ4v) is 2.19. The third-order valence-electron chi connectivity index (χ3n) is 2.84. The van der Waals surface area contributed by atoms with Crippen LogP contribution in [0.4, 0.5) is 5.69 Å². The lowest BCUT2D eigenvalue weighted by molar-refractivity contribution is -0.385. The summed E-state index contributed by atoms with van der Waals surface area (Å²) >= 11 is 3.36. The number of nitro benzene ring substituents is 1. The molecule has 1 amide bonds. The maximum atomic E-state index is 11.8. The molecule has 2 aromatic carbocycles. The Labute approximate surface area is 135 Å². The lowest BCUT2D eigenvalue weighted by atomic mass is 10.1. The van der Waals surface area contributed by atoms with Gasteiger partial charge in [0.15, 0.2) is 0 Å². The van der Waals surface area contributed by atoms with Crippen molar-refractivity contribution < 1.29 is 9.72 Å². The molecule has 1 N–H and O–H groups in total. The first-order valence-corrected chi connectivity index (χ1v) is 7.16. The monoisotopic (exact) mass is 361 g/mol. The molecule has 0 saturated carbocycles.